The summed E-state index contributed by atoms with van der Waals surface area (Å²) in [5.41, 5.74) is 1.44. The summed E-state index contributed by atoms with van der Waals surface area (Å²) in [4.78, 5) is 25.8. The second-order valence-electron chi connectivity index (χ2n) is 6.55. The fourth-order valence-electron chi connectivity index (χ4n) is 2.86. The average Bonchev–Trinajstić information content (AvgIpc) is 2.58. The number of carbonyl (C=O) groups excluding carboxylic acids is 2. The lowest BCUT2D eigenvalue weighted by atomic mass is 9.97. The Hall–Kier alpha value is -1.93. The smallest absolute Gasteiger partial charge is 0.253 e. The van der Waals surface area contributed by atoms with Crippen molar-refractivity contribution in [3.05, 3.63) is 35.4 Å². The first-order valence-corrected chi connectivity index (χ1v) is 10.1. The Kier molecular flexibility index (Phi) is 6.18. The van der Waals surface area contributed by atoms with Gasteiger partial charge in [-0.3, -0.25) is 9.59 Å². The molecule has 1 aromatic rings. The number of amides is 2. The number of hydrogen-bond acceptors (Lipinski definition) is 4. The van der Waals surface area contributed by atoms with E-state index in [2.05, 4.69) is 5.32 Å². The largest absolute Gasteiger partial charge is 0.352 e. The Labute approximate surface area is 149 Å². The van der Waals surface area contributed by atoms with Gasteiger partial charge in [0.1, 0.15) is 0 Å². The molecule has 0 radical (unpaired) electrons. The predicted molar refractivity (Wildman–Crippen MR) is 95.4 cm³/mol. The number of rotatable bonds is 5. The van der Waals surface area contributed by atoms with E-state index in [-0.39, 0.29) is 17.7 Å². The summed E-state index contributed by atoms with van der Waals surface area (Å²) in [5, 5.41) is 2.89. The molecule has 0 aliphatic carbocycles. The van der Waals surface area contributed by atoms with Crippen molar-refractivity contribution < 1.29 is 18.0 Å². The van der Waals surface area contributed by atoms with Crippen molar-refractivity contribution in [3.63, 3.8) is 0 Å². The maximum atomic E-state index is 12.3. The first-order valence-electron chi connectivity index (χ1n) is 8.22. The quantitative estimate of drug-likeness (QED) is 0.829. The third kappa shape index (κ3) is 5.27. The SMILES string of the molecule is CN(C)C(=O)c1cccc(CNC(=O)C2CCN(S(C)(=O)=O)CC2)c1. The van der Waals surface area contributed by atoms with Crippen LogP contribution in [0.1, 0.15) is 28.8 Å². The molecule has 138 valence electrons. The van der Waals surface area contributed by atoms with Gasteiger partial charge in [-0.15, -0.1) is 0 Å². The number of hydrogen-bond donors (Lipinski definition) is 1. The van der Waals surface area contributed by atoms with Gasteiger partial charge >= 0.3 is 0 Å². The van der Waals surface area contributed by atoms with Gasteiger partial charge in [0, 0.05) is 45.2 Å². The van der Waals surface area contributed by atoms with Crippen molar-refractivity contribution in [2.24, 2.45) is 5.92 Å². The van der Waals surface area contributed by atoms with Crippen molar-refractivity contribution in [2.45, 2.75) is 19.4 Å². The fourth-order valence-corrected chi connectivity index (χ4v) is 3.73. The number of carbonyl (C=O) groups is 2. The summed E-state index contributed by atoms with van der Waals surface area (Å²) in [6.45, 7) is 1.10. The van der Waals surface area contributed by atoms with E-state index in [9.17, 15) is 18.0 Å². The second kappa shape index (κ2) is 7.97. The van der Waals surface area contributed by atoms with Crippen LogP contribution in [-0.2, 0) is 21.4 Å². The number of nitrogens with zero attached hydrogens (tertiary/aromatic N) is 2. The molecular formula is C17H25N3O4S. The fraction of sp³-hybridized carbons (Fsp3) is 0.529. The molecule has 1 fully saturated rings. The standard InChI is InChI=1S/C17H25N3O4S/c1-19(2)17(22)15-6-4-5-13(11-15)12-18-16(21)14-7-9-20(10-8-14)25(3,23)24/h4-6,11,14H,7-10,12H2,1-3H3,(H,18,21). The van der Waals surface area contributed by atoms with E-state index in [0.29, 0.717) is 38.0 Å². The van der Waals surface area contributed by atoms with Crippen LogP contribution in [0.4, 0.5) is 0 Å². The second-order valence-corrected chi connectivity index (χ2v) is 8.54. The molecule has 0 unspecified atom stereocenters. The topological polar surface area (TPSA) is 86.8 Å². The van der Waals surface area contributed by atoms with Crippen molar-refractivity contribution in [1.29, 1.82) is 0 Å². The minimum absolute atomic E-state index is 0.0718. The molecule has 0 saturated carbocycles. The summed E-state index contributed by atoms with van der Waals surface area (Å²) in [5.74, 6) is -0.330. The van der Waals surface area contributed by atoms with Gasteiger partial charge < -0.3 is 10.2 Å². The highest BCUT2D eigenvalue weighted by molar-refractivity contribution is 7.88. The summed E-state index contributed by atoms with van der Waals surface area (Å²) < 4.78 is 24.4. The molecule has 1 aromatic carbocycles. The zero-order chi connectivity index (χ0) is 18.6. The normalized spacial score (nSPS) is 16.4. The molecule has 1 N–H and O–H groups in total. The van der Waals surface area contributed by atoms with E-state index < -0.39 is 10.0 Å². The Bertz CT molecular complexity index is 738. The molecule has 0 aromatic heterocycles. The highest BCUT2D eigenvalue weighted by Gasteiger charge is 2.28. The van der Waals surface area contributed by atoms with E-state index >= 15 is 0 Å². The molecule has 2 amide bonds. The average molecular weight is 367 g/mol. The van der Waals surface area contributed by atoms with Gasteiger partial charge in [-0.2, -0.15) is 0 Å². The van der Waals surface area contributed by atoms with Gasteiger partial charge in [0.15, 0.2) is 0 Å². The van der Waals surface area contributed by atoms with Crippen molar-refractivity contribution in [2.75, 3.05) is 33.4 Å². The van der Waals surface area contributed by atoms with Crippen LogP contribution in [0.5, 0.6) is 0 Å². The van der Waals surface area contributed by atoms with Crippen LogP contribution >= 0.6 is 0 Å². The molecule has 1 saturated heterocycles. The van der Waals surface area contributed by atoms with E-state index in [4.69, 9.17) is 0 Å². The van der Waals surface area contributed by atoms with Crippen LogP contribution in [0.3, 0.4) is 0 Å². The highest BCUT2D eigenvalue weighted by Crippen LogP contribution is 2.19. The van der Waals surface area contributed by atoms with Gasteiger partial charge in [0.25, 0.3) is 5.91 Å². The highest BCUT2D eigenvalue weighted by atomic mass is 32.2. The minimum atomic E-state index is -3.18. The molecule has 25 heavy (non-hydrogen) atoms. The third-order valence-corrected chi connectivity index (χ3v) is 5.64. The zero-order valence-corrected chi connectivity index (χ0v) is 15.7. The number of benzene rings is 1. The molecule has 8 heteroatoms. The summed E-state index contributed by atoms with van der Waals surface area (Å²) in [6, 6.07) is 7.17. The molecule has 0 atom stereocenters. The monoisotopic (exact) mass is 367 g/mol. The van der Waals surface area contributed by atoms with Gasteiger partial charge in [-0.25, -0.2) is 12.7 Å². The first kappa shape index (κ1) is 19.4. The van der Waals surface area contributed by atoms with E-state index in [1.54, 1.807) is 32.3 Å². The molecule has 1 aliphatic rings. The Balaban J connectivity index is 1.89. The molecular weight excluding hydrogens is 342 g/mol. The van der Waals surface area contributed by atoms with Crippen LogP contribution in [0.15, 0.2) is 24.3 Å². The predicted octanol–water partition coefficient (Wildman–Crippen LogP) is 0.676. The van der Waals surface area contributed by atoms with Crippen LogP contribution in [0, 0.1) is 5.92 Å². The molecule has 1 aliphatic heterocycles. The van der Waals surface area contributed by atoms with Crippen LogP contribution in [0.25, 0.3) is 0 Å². The summed E-state index contributed by atoms with van der Waals surface area (Å²) in [6.07, 6.45) is 2.24. The van der Waals surface area contributed by atoms with E-state index in [1.165, 1.54) is 15.5 Å². The number of piperidine rings is 1. The molecule has 2 rings (SSSR count). The molecule has 0 bridgehead atoms. The van der Waals surface area contributed by atoms with Gasteiger partial charge in [-0.1, -0.05) is 12.1 Å². The molecule has 0 spiro atoms. The third-order valence-electron chi connectivity index (χ3n) is 4.34. The zero-order valence-electron chi connectivity index (χ0n) is 14.9. The number of sulfonamides is 1. The maximum Gasteiger partial charge on any atom is 0.253 e. The van der Waals surface area contributed by atoms with Crippen molar-refractivity contribution >= 4 is 21.8 Å². The van der Waals surface area contributed by atoms with E-state index in [0.717, 1.165) is 5.56 Å². The number of nitrogens with one attached hydrogen (secondary N) is 1. The van der Waals surface area contributed by atoms with Crippen LogP contribution in [-0.4, -0.2) is 62.9 Å². The maximum absolute atomic E-state index is 12.3. The lowest BCUT2D eigenvalue weighted by Crippen LogP contribution is -2.42. The lowest BCUT2D eigenvalue weighted by Gasteiger charge is -2.29. The minimum Gasteiger partial charge on any atom is -0.352 e. The first-order chi connectivity index (χ1) is 11.7. The summed E-state index contributed by atoms with van der Waals surface area (Å²) >= 11 is 0. The van der Waals surface area contributed by atoms with Crippen LogP contribution < -0.4 is 5.32 Å². The van der Waals surface area contributed by atoms with Crippen molar-refractivity contribution in [3.8, 4) is 0 Å². The Morgan fingerprint density at radius 1 is 1.24 bits per heavy atom. The van der Waals surface area contributed by atoms with Gasteiger partial charge in [-0.05, 0) is 30.5 Å². The van der Waals surface area contributed by atoms with Gasteiger partial charge in [0.2, 0.25) is 15.9 Å². The van der Waals surface area contributed by atoms with Crippen LogP contribution in [0.2, 0.25) is 0 Å². The summed E-state index contributed by atoms with van der Waals surface area (Å²) in [7, 11) is 0.204. The Morgan fingerprint density at radius 3 is 2.44 bits per heavy atom. The lowest BCUT2D eigenvalue weighted by molar-refractivity contribution is -0.126. The molecule has 7 nitrogen and oxygen atoms in total. The van der Waals surface area contributed by atoms with E-state index in [1.807, 2.05) is 6.07 Å². The van der Waals surface area contributed by atoms with Crippen molar-refractivity contribution in [1.82, 2.24) is 14.5 Å². The Morgan fingerprint density at radius 2 is 1.88 bits per heavy atom. The van der Waals surface area contributed by atoms with Gasteiger partial charge in [0.05, 0.1) is 6.26 Å². The molecule has 1 heterocycles.